The molecule has 8 heteroatoms. The zero-order chi connectivity index (χ0) is 26.0. The second-order valence-corrected chi connectivity index (χ2v) is 8.45. The summed E-state index contributed by atoms with van der Waals surface area (Å²) in [6, 6.07) is 16.4. The molecule has 0 bridgehead atoms. The second kappa shape index (κ2) is 9.89. The molecule has 1 saturated heterocycles. The summed E-state index contributed by atoms with van der Waals surface area (Å²) in [4.78, 5) is 27.5. The molecular formula is C28H24F3NO4. The standard InChI is InChI=1S/C28H24F3NO4/c1-3-15-36-21-13-11-18(12-14-21)25(33)23-24(22-10-5-4-7-17(22)2)32(27(35)26(23)34)20-9-6-8-19(16-20)28(29,30)31/h4-14,16,24,33H,3,15H2,1-2H3/b25-23+. The Morgan fingerprint density at radius 3 is 2.33 bits per heavy atom. The van der Waals surface area contributed by atoms with Crippen molar-refractivity contribution in [2.24, 2.45) is 0 Å². The number of halogens is 3. The summed E-state index contributed by atoms with van der Waals surface area (Å²) < 4.78 is 45.8. The summed E-state index contributed by atoms with van der Waals surface area (Å²) >= 11 is 0. The van der Waals surface area contributed by atoms with Gasteiger partial charge in [0.05, 0.1) is 23.8 Å². The number of carbonyl (C=O) groups excluding carboxylic acids is 2. The van der Waals surface area contributed by atoms with Crippen LogP contribution in [-0.2, 0) is 15.8 Å². The first kappa shape index (κ1) is 25.0. The molecule has 186 valence electrons. The van der Waals surface area contributed by atoms with Crippen LogP contribution in [0.25, 0.3) is 5.76 Å². The minimum Gasteiger partial charge on any atom is -0.507 e. The number of benzene rings is 3. The van der Waals surface area contributed by atoms with Crippen molar-refractivity contribution >= 4 is 23.1 Å². The Morgan fingerprint density at radius 1 is 1.00 bits per heavy atom. The molecule has 3 aromatic rings. The summed E-state index contributed by atoms with van der Waals surface area (Å²) in [6.45, 7) is 4.25. The van der Waals surface area contributed by atoms with Crippen molar-refractivity contribution in [1.82, 2.24) is 0 Å². The van der Waals surface area contributed by atoms with Crippen molar-refractivity contribution in [1.29, 1.82) is 0 Å². The summed E-state index contributed by atoms with van der Waals surface area (Å²) in [5, 5.41) is 11.2. The Bertz CT molecular complexity index is 1330. The number of nitrogens with zero attached hydrogens (tertiary/aromatic N) is 1. The van der Waals surface area contributed by atoms with Crippen LogP contribution >= 0.6 is 0 Å². The van der Waals surface area contributed by atoms with E-state index in [0.29, 0.717) is 23.5 Å². The van der Waals surface area contributed by atoms with E-state index in [-0.39, 0.29) is 16.8 Å². The van der Waals surface area contributed by atoms with Gasteiger partial charge in [-0.3, -0.25) is 14.5 Å². The van der Waals surface area contributed by atoms with E-state index in [4.69, 9.17) is 4.74 Å². The van der Waals surface area contributed by atoms with Gasteiger partial charge in [-0.25, -0.2) is 0 Å². The topological polar surface area (TPSA) is 66.8 Å². The predicted molar refractivity (Wildman–Crippen MR) is 130 cm³/mol. The van der Waals surface area contributed by atoms with Crippen molar-refractivity contribution in [3.8, 4) is 5.75 Å². The molecule has 1 aliphatic heterocycles. The number of hydrogen-bond donors (Lipinski definition) is 1. The highest BCUT2D eigenvalue weighted by Gasteiger charge is 2.47. The van der Waals surface area contributed by atoms with Crippen molar-refractivity contribution in [2.75, 3.05) is 11.5 Å². The van der Waals surface area contributed by atoms with Gasteiger partial charge in [0, 0.05) is 11.3 Å². The number of ether oxygens (including phenoxy) is 1. The summed E-state index contributed by atoms with van der Waals surface area (Å²) in [5.41, 5.74) is 0.248. The maximum Gasteiger partial charge on any atom is 0.416 e. The number of aliphatic hydroxyl groups is 1. The van der Waals surface area contributed by atoms with Crippen LogP contribution in [0.4, 0.5) is 18.9 Å². The fourth-order valence-corrected chi connectivity index (χ4v) is 4.20. The molecule has 5 nitrogen and oxygen atoms in total. The SMILES string of the molecule is CCCOc1ccc(/C(O)=C2\C(=O)C(=O)N(c3cccc(C(F)(F)F)c3)C2c2ccccc2C)cc1. The lowest BCUT2D eigenvalue weighted by atomic mass is 9.92. The van der Waals surface area contributed by atoms with Crippen molar-refractivity contribution in [3.05, 3.63) is 101 Å². The van der Waals surface area contributed by atoms with Crippen LogP contribution in [-0.4, -0.2) is 23.4 Å². The average molecular weight is 495 g/mol. The van der Waals surface area contributed by atoms with Crippen LogP contribution in [0.1, 0.15) is 41.6 Å². The number of hydrogen-bond acceptors (Lipinski definition) is 4. The van der Waals surface area contributed by atoms with Crippen LogP contribution in [0, 0.1) is 6.92 Å². The Balaban J connectivity index is 1.88. The molecule has 3 aromatic carbocycles. The molecule has 1 fully saturated rings. The van der Waals surface area contributed by atoms with Gasteiger partial charge in [0.2, 0.25) is 0 Å². The molecule has 1 unspecified atom stereocenters. The van der Waals surface area contributed by atoms with Gasteiger partial charge in [-0.15, -0.1) is 0 Å². The van der Waals surface area contributed by atoms with E-state index in [1.54, 1.807) is 55.5 Å². The van der Waals surface area contributed by atoms with Gasteiger partial charge in [-0.2, -0.15) is 13.2 Å². The first-order valence-corrected chi connectivity index (χ1v) is 11.4. The number of alkyl halides is 3. The normalized spacial score (nSPS) is 17.5. The van der Waals surface area contributed by atoms with Crippen molar-refractivity contribution in [3.63, 3.8) is 0 Å². The molecule has 1 aliphatic rings. The minimum absolute atomic E-state index is 0.0949. The lowest BCUT2D eigenvalue weighted by Gasteiger charge is -2.27. The van der Waals surface area contributed by atoms with Crippen LogP contribution in [0.15, 0.2) is 78.4 Å². The van der Waals surface area contributed by atoms with Gasteiger partial charge in [-0.1, -0.05) is 37.3 Å². The van der Waals surface area contributed by atoms with E-state index in [9.17, 15) is 27.9 Å². The molecule has 1 N–H and O–H groups in total. The van der Waals surface area contributed by atoms with Crippen LogP contribution in [0.2, 0.25) is 0 Å². The number of carbonyl (C=O) groups is 2. The molecule has 36 heavy (non-hydrogen) atoms. The Morgan fingerprint density at radius 2 is 1.69 bits per heavy atom. The van der Waals surface area contributed by atoms with Gasteiger partial charge in [0.15, 0.2) is 0 Å². The third-order valence-corrected chi connectivity index (χ3v) is 5.98. The van der Waals surface area contributed by atoms with E-state index in [1.165, 1.54) is 12.1 Å². The fraction of sp³-hybridized carbons (Fsp3) is 0.214. The first-order chi connectivity index (χ1) is 17.1. The monoisotopic (exact) mass is 495 g/mol. The van der Waals surface area contributed by atoms with Crippen LogP contribution < -0.4 is 9.64 Å². The smallest absolute Gasteiger partial charge is 0.416 e. The number of rotatable bonds is 6. The van der Waals surface area contributed by atoms with E-state index < -0.39 is 35.2 Å². The molecule has 1 heterocycles. The third kappa shape index (κ3) is 4.71. The largest absolute Gasteiger partial charge is 0.507 e. The molecule has 1 amide bonds. The molecule has 0 saturated carbocycles. The zero-order valence-corrected chi connectivity index (χ0v) is 19.7. The van der Waals surface area contributed by atoms with E-state index in [2.05, 4.69) is 0 Å². The number of anilines is 1. The zero-order valence-electron chi connectivity index (χ0n) is 19.7. The molecule has 0 aromatic heterocycles. The summed E-state index contributed by atoms with van der Waals surface area (Å²) in [6.07, 6.45) is -3.82. The van der Waals surface area contributed by atoms with Crippen LogP contribution in [0.3, 0.4) is 0 Å². The molecular weight excluding hydrogens is 471 g/mol. The van der Waals surface area contributed by atoms with E-state index in [0.717, 1.165) is 23.5 Å². The van der Waals surface area contributed by atoms with Crippen LogP contribution in [0.5, 0.6) is 5.75 Å². The molecule has 4 rings (SSSR count). The lowest BCUT2D eigenvalue weighted by Crippen LogP contribution is -2.30. The molecule has 0 spiro atoms. The quantitative estimate of drug-likeness (QED) is 0.243. The number of ketones is 1. The van der Waals surface area contributed by atoms with Gasteiger partial charge >= 0.3 is 6.18 Å². The summed E-state index contributed by atoms with van der Waals surface area (Å²) in [5.74, 6) is -1.84. The summed E-state index contributed by atoms with van der Waals surface area (Å²) in [7, 11) is 0. The number of amides is 1. The minimum atomic E-state index is -4.64. The average Bonchev–Trinajstić information content (AvgIpc) is 3.12. The van der Waals surface area contributed by atoms with E-state index >= 15 is 0 Å². The lowest BCUT2D eigenvalue weighted by molar-refractivity contribution is -0.137. The molecule has 0 aliphatic carbocycles. The van der Waals surface area contributed by atoms with Gasteiger partial charge in [0.1, 0.15) is 11.5 Å². The Hall–Kier alpha value is -4.07. The van der Waals surface area contributed by atoms with Gasteiger partial charge in [-0.05, 0) is 66.9 Å². The first-order valence-electron chi connectivity index (χ1n) is 11.4. The highest BCUT2D eigenvalue weighted by Crippen LogP contribution is 2.44. The third-order valence-electron chi connectivity index (χ3n) is 5.98. The highest BCUT2D eigenvalue weighted by molar-refractivity contribution is 6.51. The molecule has 0 radical (unpaired) electrons. The number of aryl methyl sites for hydroxylation is 1. The predicted octanol–water partition coefficient (Wildman–Crippen LogP) is 6.43. The number of Topliss-reactive ketones (excluding diaryl/α,β-unsaturated/α-hetero) is 1. The maximum absolute atomic E-state index is 13.4. The Kier molecular flexibility index (Phi) is 6.88. The van der Waals surface area contributed by atoms with Gasteiger partial charge in [0.25, 0.3) is 11.7 Å². The maximum atomic E-state index is 13.4. The molecule has 1 atom stereocenters. The Labute approximate surface area is 206 Å². The fourth-order valence-electron chi connectivity index (χ4n) is 4.20. The van der Waals surface area contributed by atoms with Crippen molar-refractivity contribution < 1.29 is 32.6 Å². The van der Waals surface area contributed by atoms with E-state index in [1.807, 2.05) is 6.92 Å². The van der Waals surface area contributed by atoms with Crippen molar-refractivity contribution in [2.45, 2.75) is 32.5 Å². The second-order valence-electron chi connectivity index (χ2n) is 8.45. The number of aliphatic hydroxyl groups excluding tert-OH is 1. The highest BCUT2D eigenvalue weighted by atomic mass is 19.4. The van der Waals surface area contributed by atoms with Gasteiger partial charge < -0.3 is 9.84 Å².